The number of aromatic nitrogens is 1. The van der Waals surface area contributed by atoms with Crippen molar-refractivity contribution in [2.75, 3.05) is 26.9 Å². The van der Waals surface area contributed by atoms with Crippen LogP contribution < -0.4 is 10.1 Å². The van der Waals surface area contributed by atoms with E-state index >= 15 is 0 Å². The fourth-order valence-corrected chi connectivity index (χ4v) is 1.32. The van der Waals surface area contributed by atoms with E-state index in [1.807, 2.05) is 19.2 Å². The van der Waals surface area contributed by atoms with Crippen molar-refractivity contribution in [1.29, 1.82) is 0 Å². The van der Waals surface area contributed by atoms with Crippen molar-refractivity contribution in [3.8, 4) is 5.88 Å². The van der Waals surface area contributed by atoms with Gasteiger partial charge < -0.3 is 14.8 Å². The van der Waals surface area contributed by atoms with Crippen LogP contribution in [0.25, 0.3) is 0 Å². The van der Waals surface area contributed by atoms with E-state index in [0.29, 0.717) is 19.1 Å². The molecule has 16 heavy (non-hydrogen) atoms. The van der Waals surface area contributed by atoms with Crippen molar-refractivity contribution in [1.82, 2.24) is 10.3 Å². The Balaban J connectivity index is 2.34. The van der Waals surface area contributed by atoms with Crippen molar-refractivity contribution in [3.05, 3.63) is 23.9 Å². The van der Waals surface area contributed by atoms with Gasteiger partial charge in [-0.05, 0) is 19.5 Å². The molecule has 4 nitrogen and oxygen atoms in total. The molecule has 0 aromatic carbocycles. The van der Waals surface area contributed by atoms with Gasteiger partial charge in [0.1, 0.15) is 6.61 Å². The number of hydrogen-bond donors (Lipinski definition) is 1. The van der Waals surface area contributed by atoms with Gasteiger partial charge in [-0.1, -0.05) is 13.0 Å². The highest BCUT2D eigenvalue weighted by atomic mass is 16.5. The number of pyridine rings is 1. The average molecular weight is 224 g/mol. The molecule has 4 heteroatoms. The van der Waals surface area contributed by atoms with Gasteiger partial charge >= 0.3 is 0 Å². The Hall–Kier alpha value is -1.13. The zero-order chi connectivity index (χ0) is 11.6. The average Bonchev–Trinajstić information content (AvgIpc) is 2.31. The van der Waals surface area contributed by atoms with Crippen LogP contribution in [-0.4, -0.2) is 31.9 Å². The molecule has 0 unspecified atom stereocenters. The second-order valence-electron chi connectivity index (χ2n) is 3.46. The lowest BCUT2D eigenvalue weighted by molar-refractivity contribution is 0.0986. The van der Waals surface area contributed by atoms with Gasteiger partial charge in [0.25, 0.3) is 0 Å². The maximum Gasteiger partial charge on any atom is 0.217 e. The van der Waals surface area contributed by atoms with E-state index in [0.717, 1.165) is 25.1 Å². The molecule has 0 aliphatic heterocycles. The number of rotatable bonds is 8. The van der Waals surface area contributed by atoms with Gasteiger partial charge in [-0.15, -0.1) is 0 Å². The molecule has 0 saturated heterocycles. The summed E-state index contributed by atoms with van der Waals surface area (Å²) in [5.41, 5.74) is 1.07. The predicted molar refractivity (Wildman–Crippen MR) is 63.6 cm³/mol. The maximum absolute atomic E-state index is 5.56. The van der Waals surface area contributed by atoms with Crippen LogP contribution in [0, 0.1) is 0 Å². The highest BCUT2D eigenvalue weighted by molar-refractivity contribution is 5.25. The zero-order valence-electron chi connectivity index (χ0n) is 10.0. The molecule has 0 bridgehead atoms. The monoisotopic (exact) mass is 224 g/mol. The summed E-state index contributed by atoms with van der Waals surface area (Å²) in [5, 5.41) is 3.08. The summed E-state index contributed by atoms with van der Waals surface area (Å²) in [7, 11) is 1.90. The van der Waals surface area contributed by atoms with E-state index < -0.39 is 0 Å². The summed E-state index contributed by atoms with van der Waals surface area (Å²) in [6.07, 6.45) is 2.77. The van der Waals surface area contributed by atoms with Crippen LogP contribution in [0.4, 0.5) is 0 Å². The van der Waals surface area contributed by atoms with E-state index in [4.69, 9.17) is 9.47 Å². The highest BCUT2D eigenvalue weighted by Crippen LogP contribution is 2.13. The molecule has 90 valence electrons. The predicted octanol–water partition coefficient (Wildman–Crippen LogP) is 1.61. The minimum atomic E-state index is 0.549. The van der Waals surface area contributed by atoms with Crippen molar-refractivity contribution in [3.63, 3.8) is 0 Å². The second kappa shape index (κ2) is 8.07. The van der Waals surface area contributed by atoms with Gasteiger partial charge in [0, 0.05) is 24.9 Å². The minimum absolute atomic E-state index is 0.549. The lowest BCUT2D eigenvalue weighted by Gasteiger charge is -2.09. The van der Waals surface area contributed by atoms with Crippen molar-refractivity contribution in [2.45, 2.75) is 19.9 Å². The van der Waals surface area contributed by atoms with Crippen LogP contribution in [0.15, 0.2) is 18.3 Å². The quantitative estimate of drug-likeness (QED) is 0.681. The highest BCUT2D eigenvalue weighted by Gasteiger charge is 2.02. The Labute approximate surface area is 97.0 Å². The molecule has 1 aromatic rings. The van der Waals surface area contributed by atoms with Crippen molar-refractivity contribution >= 4 is 0 Å². The second-order valence-corrected chi connectivity index (χ2v) is 3.46. The van der Waals surface area contributed by atoms with E-state index in [1.54, 1.807) is 6.20 Å². The Morgan fingerprint density at radius 1 is 1.31 bits per heavy atom. The molecule has 1 aromatic heterocycles. The van der Waals surface area contributed by atoms with Crippen LogP contribution >= 0.6 is 0 Å². The normalized spacial score (nSPS) is 10.4. The van der Waals surface area contributed by atoms with Gasteiger partial charge in [-0.25, -0.2) is 4.98 Å². The van der Waals surface area contributed by atoms with Crippen molar-refractivity contribution in [2.24, 2.45) is 0 Å². The van der Waals surface area contributed by atoms with Crippen LogP contribution in [0.1, 0.15) is 18.9 Å². The molecular weight excluding hydrogens is 204 g/mol. The molecule has 1 N–H and O–H groups in total. The molecule has 1 rings (SSSR count). The number of nitrogens with zero attached hydrogens (tertiary/aromatic N) is 1. The van der Waals surface area contributed by atoms with Gasteiger partial charge in [0.15, 0.2) is 0 Å². The Morgan fingerprint density at radius 3 is 2.94 bits per heavy atom. The van der Waals surface area contributed by atoms with E-state index in [2.05, 4.69) is 17.2 Å². The smallest absolute Gasteiger partial charge is 0.217 e. The molecule has 0 aliphatic carbocycles. The van der Waals surface area contributed by atoms with Crippen LogP contribution in [0.3, 0.4) is 0 Å². The molecular formula is C12H20N2O2. The first kappa shape index (κ1) is 12.9. The first-order valence-corrected chi connectivity index (χ1v) is 5.67. The van der Waals surface area contributed by atoms with Gasteiger partial charge in [-0.3, -0.25) is 0 Å². The van der Waals surface area contributed by atoms with E-state index in [9.17, 15) is 0 Å². The van der Waals surface area contributed by atoms with Gasteiger partial charge in [0.2, 0.25) is 5.88 Å². The fraction of sp³-hybridized carbons (Fsp3) is 0.583. The van der Waals surface area contributed by atoms with E-state index in [1.165, 1.54) is 0 Å². The molecule has 0 aliphatic rings. The van der Waals surface area contributed by atoms with Crippen LogP contribution in [0.2, 0.25) is 0 Å². The maximum atomic E-state index is 5.56. The first-order chi connectivity index (χ1) is 7.88. The Kier molecular flexibility index (Phi) is 6.53. The summed E-state index contributed by atoms with van der Waals surface area (Å²) in [4.78, 5) is 4.20. The largest absolute Gasteiger partial charge is 0.475 e. The SMILES string of the molecule is CCCOCCOc1ncccc1CNC. The molecule has 0 atom stereocenters. The van der Waals surface area contributed by atoms with Crippen LogP contribution in [-0.2, 0) is 11.3 Å². The van der Waals surface area contributed by atoms with E-state index in [-0.39, 0.29) is 0 Å². The zero-order valence-corrected chi connectivity index (χ0v) is 10.0. The summed E-state index contributed by atoms with van der Waals surface area (Å²) >= 11 is 0. The molecule has 0 saturated carbocycles. The standard InChI is InChI=1S/C12H20N2O2/c1-3-7-15-8-9-16-12-11(10-13-2)5-4-6-14-12/h4-6,13H,3,7-10H2,1-2H3. The topological polar surface area (TPSA) is 43.4 Å². The molecule has 0 amide bonds. The Bertz CT molecular complexity index is 292. The Morgan fingerprint density at radius 2 is 2.19 bits per heavy atom. The number of nitrogens with one attached hydrogen (secondary N) is 1. The van der Waals surface area contributed by atoms with Crippen molar-refractivity contribution < 1.29 is 9.47 Å². The molecule has 1 heterocycles. The third-order valence-electron chi connectivity index (χ3n) is 2.03. The number of hydrogen-bond acceptors (Lipinski definition) is 4. The lowest BCUT2D eigenvalue weighted by Crippen LogP contribution is -2.12. The minimum Gasteiger partial charge on any atom is -0.475 e. The summed E-state index contributed by atoms with van der Waals surface area (Å²) < 4.78 is 10.9. The molecule has 0 radical (unpaired) electrons. The van der Waals surface area contributed by atoms with Gasteiger partial charge in [-0.2, -0.15) is 0 Å². The molecule has 0 spiro atoms. The summed E-state index contributed by atoms with van der Waals surface area (Å²) in [5.74, 6) is 0.692. The number of ether oxygens (including phenoxy) is 2. The lowest BCUT2D eigenvalue weighted by atomic mass is 10.3. The van der Waals surface area contributed by atoms with Gasteiger partial charge in [0.05, 0.1) is 6.61 Å². The fourth-order valence-electron chi connectivity index (χ4n) is 1.32. The first-order valence-electron chi connectivity index (χ1n) is 5.67. The summed E-state index contributed by atoms with van der Waals surface area (Å²) in [6.45, 7) is 4.80. The third kappa shape index (κ3) is 4.59. The van der Waals surface area contributed by atoms with Crippen LogP contribution in [0.5, 0.6) is 5.88 Å². The summed E-state index contributed by atoms with van der Waals surface area (Å²) in [6, 6.07) is 3.92. The molecule has 0 fully saturated rings. The third-order valence-corrected chi connectivity index (χ3v) is 2.03.